The molecule has 24 heavy (non-hydrogen) atoms. The molecule has 2 nitrogen and oxygen atoms in total. The Hall–Kier alpha value is -1.67. The molecule has 2 aromatic carbocycles. The average molecular weight is 411 g/mol. The molecule has 1 atom stereocenters. The van der Waals surface area contributed by atoms with Gasteiger partial charge in [0.1, 0.15) is 5.75 Å². The standard InChI is InChI=1S/C16H12BrF5O2/c1-24-13-9-5-3-7-11(13)14(23,15(18,19)16(20,21)22)10-6-2-4-8-12(10)17/h2-9,23H,1H3. The van der Waals surface area contributed by atoms with Gasteiger partial charge in [-0.15, -0.1) is 0 Å². The highest BCUT2D eigenvalue weighted by Crippen LogP contribution is 2.54. The highest BCUT2D eigenvalue weighted by molar-refractivity contribution is 9.10. The minimum atomic E-state index is -5.99. The van der Waals surface area contributed by atoms with Crippen LogP contribution in [0.2, 0.25) is 0 Å². The van der Waals surface area contributed by atoms with Gasteiger partial charge in [0.2, 0.25) is 0 Å². The Morgan fingerprint density at radius 1 is 0.875 bits per heavy atom. The zero-order valence-electron chi connectivity index (χ0n) is 12.2. The average Bonchev–Trinajstić information content (AvgIpc) is 2.53. The van der Waals surface area contributed by atoms with E-state index in [0.717, 1.165) is 19.2 Å². The van der Waals surface area contributed by atoms with Crippen LogP contribution in [0, 0.1) is 0 Å². The Kier molecular flexibility index (Phi) is 4.92. The lowest BCUT2D eigenvalue weighted by atomic mass is 9.80. The highest BCUT2D eigenvalue weighted by Gasteiger charge is 2.72. The van der Waals surface area contributed by atoms with E-state index in [1.165, 1.54) is 36.4 Å². The normalized spacial score (nSPS) is 15.0. The van der Waals surface area contributed by atoms with Crippen molar-refractivity contribution < 1.29 is 31.8 Å². The second kappa shape index (κ2) is 6.33. The molecule has 0 radical (unpaired) electrons. The van der Waals surface area contributed by atoms with Gasteiger partial charge < -0.3 is 9.84 Å². The molecule has 0 bridgehead atoms. The van der Waals surface area contributed by atoms with Crippen molar-refractivity contribution in [1.82, 2.24) is 0 Å². The summed E-state index contributed by atoms with van der Waals surface area (Å²) in [6.45, 7) is 0. The molecule has 0 heterocycles. The molecule has 2 aromatic rings. The maximum absolute atomic E-state index is 14.4. The van der Waals surface area contributed by atoms with Gasteiger partial charge in [-0.2, -0.15) is 22.0 Å². The van der Waals surface area contributed by atoms with Crippen molar-refractivity contribution in [3.05, 3.63) is 64.1 Å². The summed E-state index contributed by atoms with van der Waals surface area (Å²) < 4.78 is 72.9. The molecule has 0 fully saturated rings. The maximum atomic E-state index is 14.4. The summed E-state index contributed by atoms with van der Waals surface area (Å²) in [7, 11) is 1.12. The Bertz CT molecular complexity index is 732. The first-order valence-electron chi connectivity index (χ1n) is 6.62. The molecular weight excluding hydrogens is 399 g/mol. The maximum Gasteiger partial charge on any atom is 0.457 e. The first-order valence-corrected chi connectivity index (χ1v) is 7.42. The van der Waals surface area contributed by atoms with Crippen LogP contribution in [0.3, 0.4) is 0 Å². The predicted molar refractivity (Wildman–Crippen MR) is 81.1 cm³/mol. The van der Waals surface area contributed by atoms with Crippen LogP contribution < -0.4 is 4.74 Å². The fraction of sp³-hybridized carbons (Fsp3) is 0.250. The number of aliphatic hydroxyl groups is 1. The first kappa shape index (κ1) is 18.7. The number of ether oxygens (including phenoxy) is 1. The Balaban J connectivity index is 2.89. The topological polar surface area (TPSA) is 29.5 Å². The van der Waals surface area contributed by atoms with E-state index in [-0.39, 0.29) is 10.2 Å². The molecule has 8 heteroatoms. The van der Waals surface area contributed by atoms with Gasteiger partial charge in [-0.3, -0.25) is 0 Å². The van der Waals surface area contributed by atoms with Crippen molar-refractivity contribution in [3.8, 4) is 5.75 Å². The lowest BCUT2D eigenvalue weighted by Gasteiger charge is -2.38. The van der Waals surface area contributed by atoms with E-state index in [2.05, 4.69) is 15.9 Å². The lowest BCUT2D eigenvalue weighted by molar-refractivity contribution is -0.336. The number of benzene rings is 2. The van der Waals surface area contributed by atoms with Crippen LogP contribution in [-0.4, -0.2) is 24.3 Å². The molecule has 2 rings (SSSR count). The summed E-state index contributed by atoms with van der Waals surface area (Å²) in [4.78, 5) is 0. The van der Waals surface area contributed by atoms with Gasteiger partial charge in [0.05, 0.1) is 7.11 Å². The molecule has 0 amide bonds. The zero-order chi connectivity index (χ0) is 18.2. The minimum absolute atomic E-state index is 0.0951. The van der Waals surface area contributed by atoms with E-state index in [4.69, 9.17) is 4.74 Å². The Morgan fingerprint density at radius 3 is 1.88 bits per heavy atom. The molecule has 0 aromatic heterocycles. The monoisotopic (exact) mass is 410 g/mol. The number of methoxy groups -OCH3 is 1. The van der Waals surface area contributed by atoms with Gasteiger partial charge in [0.15, 0.2) is 5.60 Å². The van der Waals surface area contributed by atoms with E-state index in [0.29, 0.717) is 0 Å². The number of rotatable bonds is 4. The molecule has 0 saturated carbocycles. The van der Waals surface area contributed by atoms with Gasteiger partial charge in [0.25, 0.3) is 0 Å². The first-order chi connectivity index (χ1) is 11.1. The largest absolute Gasteiger partial charge is 0.496 e. The third-order valence-electron chi connectivity index (χ3n) is 3.57. The van der Waals surface area contributed by atoms with Crippen LogP contribution in [0.15, 0.2) is 53.0 Å². The molecule has 0 aliphatic heterocycles. The third kappa shape index (κ3) is 2.77. The van der Waals surface area contributed by atoms with Crippen molar-refractivity contribution in [2.45, 2.75) is 17.7 Å². The van der Waals surface area contributed by atoms with E-state index in [1.54, 1.807) is 0 Å². The number of para-hydroxylation sites is 1. The van der Waals surface area contributed by atoms with Crippen molar-refractivity contribution in [2.24, 2.45) is 0 Å². The fourth-order valence-electron chi connectivity index (χ4n) is 2.39. The highest BCUT2D eigenvalue weighted by atomic mass is 79.9. The molecule has 1 unspecified atom stereocenters. The molecular formula is C16H12BrF5O2. The summed E-state index contributed by atoms with van der Waals surface area (Å²) in [5.74, 6) is -5.77. The van der Waals surface area contributed by atoms with Gasteiger partial charge in [0, 0.05) is 15.6 Å². The SMILES string of the molecule is COc1ccccc1C(O)(c1ccccc1Br)C(F)(F)C(F)(F)F. The Morgan fingerprint density at radius 2 is 1.38 bits per heavy atom. The number of hydrogen-bond acceptors (Lipinski definition) is 2. The van der Waals surface area contributed by atoms with Crippen LogP contribution in [0.4, 0.5) is 22.0 Å². The Labute approximate surface area is 143 Å². The van der Waals surface area contributed by atoms with Crippen molar-refractivity contribution in [3.63, 3.8) is 0 Å². The summed E-state index contributed by atoms with van der Waals surface area (Å²) in [6, 6.07) is 9.76. The zero-order valence-corrected chi connectivity index (χ0v) is 13.8. The molecule has 1 N–H and O–H groups in total. The van der Waals surface area contributed by atoms with Gasteiger partial charge in [-0.05, 0) is 12.1 Å². The van der Waals surface area contributed by atoms with Crippen LogP contribution in [0.1, 0.15) is 11.1 Å². The molecule has 0 spiro atoms. The predicted octanol–water partition coefficient (Wildman–Crippen LogP) is 4.89. The second-order valence-electron chi connectivity index (χ2n) is 4.96. The van der Waals surface area contributed by atoms with Crippen LogP contribution >= 0.6 is 15.9 Å². The second-order valence-corrected chi connectivity index (χ2v) is 5.82. The van der Waals surface area contributed by atoms with E-state index in [1.807, 2.05) is 0 Å². The van der Waals surface area contributed by atoms with Gasteiger partial charge in [-0.1, -0.05) is 52.3 Å². The van der Waals surface area contributed by atoms with Crippen LogP contribution in [0.5, 0.6) is 5.75 Å². The number of alkyl halides is 5. The smallest absolute Gasteiger partial charge is 0.457 e. The van der Waals surface area contributed by atoms with E-state index in [9.17, 15) is 27.1 Å². The van der Waals surface area contributed by atoms with Crippen LogP contribution in [-0.2, 0) is 5.60 Å². The summed E-state index contributed by atoms with van der Waals surface area (Å²) >= 11 is 2.93. The van der Waals surface area contributed by atoms with Crippen molar-refractivity contribution >= 4 is 15.9 Å². The summed E-state index contributed by atoms with van der Waals surface area (Å²) in [5, 5.41) is 10.7. The number of halogens is 6. The van der Waals surface area contributed by atoms with Crippen LogP contribution in [0.25, 0.3) is 0 Å². The summed E-state index contributed by atoms with van der Waals surface area (Å²) in [5.41, 5.74) is -5.00. The fourth-order valence-corrected chi connectivity index (χ4v) is 2.96. The molecule has 130 valence electrons. The van der Waals surface area contributed by atoms with E-state index >= 15 is 0 Å². The lowest BCUT2D eigenvalue weighted by Crippen LogP contribution is -2.55. The number of hydrogen-bond donors (Lipinski definition) is 1. The van der Waals surface area contributed by atoms with Crippen molar-refractivity contribution in [1.29, 1.82) is 0 Å². The third-order valence-corrected chi connectivity index (χ3v) is 4.26. The molecule has 0 aliphatic rings. The minimum Gasteiger partial charge on any atom is -0.496 e. The van der Waals surface area contributed by atoms with Crippen molar-refractivity contribution in [2.75, 3.05) is 7.11 Å². The van der Waals surface area contributed by atoms with E-state index < -0.39 is 28.8 Å². The summed E-state index contributed by atoms with van der Waals surface area (Å²) in [6.07, 6.45) is -5.99. The quantitative estimate of drug-likeness (QED) is 0.727. The molecule has 0 saturated heterocycles. The van der Waals surface area contributed by atoms with Gasteiger partial charge >= 0.3 is 12.1 Å². The van der Waals surface area contributed by atoms with Gasteiger partial charge in [-0.25, -0.2) is 0 Å². The molecule has 0 aliphatic carbocycles.